The summed E-state index contributed by atoms with van der Waals surface area (Å²) in [6, 6.07) is 7.23. The molecule has 0 unspecified atom stereocenters. The van der Waals surface area contributed by atoms with Gasteiger partial charge in [-0.2, -0.15) is 0 Å². The minimum atomic E-state index is -0.613. The Morgan fingerprint density at radius 1 is 1.42 bits per heavy atom. The van der Waals surface area contributed by atoms with Crippen LogP contribution in [-0.4, -0.2) is 5.91 Å². The Labute approximate surface area is 72.4 Å². The molecular formula is C10H12NO. The van der Waals surface area contributed by atoms with Gasteiger partial charge in [0.05, 0.1) is 0 Å². The summed E-state index contributed by atoms with van der Waals surface area (Å²) in [5.41, 5.74) is 8.50. The Kier molecular flexibility index (Phi) is 2.48. The number of rotatable bonds is 2. The predicted molar refractivity (Wildman–Crippen MR) is 48.0 cm³/mol. The molecule has 0 aliphatic heterocycles. The van der Waals surface area contributed by atoms with Crippen LogP contribution in [-0.2, 0) is 0 Å². The van der Waals surface area contributed by atoms with Gasteiger partial charge in [-0.05, 0) is 23.6 Å². The molecule has 2 nitrogen and oxygen atoms in total. The molecule has 1 radical (unpaired) electrons. The molecule has 12 heavy (non-hydrogen) atoms. The number of carbonyl (C=O) groups is 1. The number of benzene rings is 1. The second kappa shape index (κ2) is 3.39. The Balaban J connectivity index is 3.04. The average molecular weight is 162 g/mol. The first kappa shape index (κ1) is 8.78. The summed E-state index contributed by atoms with van der Waals surface area (Å²) in [5.74, 6) is -0.207. The largest absolute Gasteiger partial charge is 0.269 e. The highest BCUT2D eigenvalue weighted by atomic mass is 16.1. The third-order valence-corrected chi connectivity index (χ3v) is 1.82. The van der Waals surface area contributed by atoms with Crippen LogP contribution in [0.5, 0.6) is 0 Å². The maximum atomic E-state index is 10.7. The van der Waals surface area contributed by atoms with Gasteiger partial charge in [0.15, 0.2) is 0 Å². The van der Waals surface area contributed by atoms with Crippen molar-refractivity contribution in [1.82, 2.24) is 5.73 Å². The molecule has 0 spiro atoms. The van der Waals surface area contributed by atoms with E-state index in [1.54, 1.807) is 12.1 Å². The third-order valence-electron chi connectivity index (χ3n) is 1.82. The van der Waals surface area contributed by atoms with Crippen LogP contribution in [0, 0.1) is 0 Å². The predicted octanol–water partition coefficient (Wildman–Crippen LogP) is 2.23. The molecule has 0 bridgehead atoms. The van der Waals surface area contributed by atoms with E-state index in [4.69, 9.17) is 5.73 Å². The SMILES string of the molecule is CC(C)c1cccc(C([NH])=O)c1. The van der Waals surface area contributed by atoms with Crippen molar-refractivity contribution in [2.24, 2.45) is 0 Å². The topological polar surface area (TPSA) is 40.9 Å². The van der Waals surface area contributed by atoms with Gasteiger partial charge in [-0.3, -0.25) is 10.5 Å². The second-order valence-corrected chi connectivity index (χ2v) is 3.11. The maximum absolute atomic E-state index is 10.7. The van der Waals surface area contributed by atoms with Gasteiger partial charge in [-0.15, -0.1) is 0 Å². The van der Waals surface area contributed by atoms with Crippen LogP contribution < -0.4 is 5.73 Å². The Bertz CT molecular complexity index is 292. The molecule has 0 aromatic heterocycles. The molecule has 1 amide bonds. The van der Waals surface area contributed by atoms with Crippen molar-refractivity contribution in [1.29, 1.82) is 0 Å². The Hall–Kier alpha value is -1.31. The Morgan fingerprint density at radius 2 is 2.08 bits per heavy atom. The maximum Gasteiger partial charge on any atom is 0.269 e. The van der Waals surface area contributed by atoms with Gasteiger partial charge in [0.1, 0.15) is 0 Å². The van der Waals surface area contributed by atoms with Crippen molar-refractivity contribution in [3.8, 4) is 0 Å². The van der Waals surface area contributed by atoms with Gasteiger partial charge in [0.25, 0.3) is 5.91 Å². The number of nitrogens with one attached hydrogen (secondary N) is 1. The highest BCUT2D eigenvalue weighted by Crippen LogP contribution is 2.15. The molecule has 1 N–H and O–H groups in total. The fourth-order valence-corrected chi connectivity index (χ4v) is 1.04. The Morgan fingerprint density at radius 3 is 2.58 bits per heavy atom. The normalized spacial score (nSPS) is 10.2. The van der Waals surface area contributed by atoms with Crippen LogP contribution in [0.3, 0.4) is 0 Å². The van der Waals surface area contributed by atoms with Crippen molar-refractivity contribution in [2.75, 3.05) is 0 Å². The van der Waals surface area contributed by atoms with E-state index in [0.717, 1.165) is 5.56 Å². The summed E-state index contributed by atoms with van der Waals surface area (Å²) < 4.78 is 0. The molecule has 0 saturated carbocycles. The summed E-state index contributed by atoms with van der Waals surface area (Å²) in [5, 5.41) is 0. The summed E-state index contributed by atoms with van der Waals surface area (Å²) in [6.07, 6.45) is 0. The van der Waals surface area contributed by atoms with E-state index in [-0.39, 0.29) is 0 Å². The minimum Gasteiger partial charge on any atom is -0.267 e. The van der Waals surface area contributed by atoms with Crippen LogP contribution in [0.4, 0.5) is 0 Å². The lowest BCUT2D eigenvalue weighted by molar-refractivity contribution is 0.0992. The summed E-state index contributed by atoms with van der Waals surface area (Å²) in [4.78, 5) is 10.7. The van der Waals surface area contributed by atoms with Gasteiger partial charge in [0, 0.05) is 5.56 Å². The van der Waals surface area contributed by atoms with Crippen LogP contribution in [0.2, 0.25) is 0 Å². The summed E-state index contributed by atoms with van der Waals surface area (Å²) in [6.45, 7) is 4.13. The van der Waals surface area contributed by atoms with Gasteiger partial charge < -0.3 is 0 Å². The fraction of sp³-hybridized carbons (Fsp3) is 0.300. The molecule has 1 rings (SSSR count). The lowest BCUT2D eigenvalue weighted by atomic mass is 10.0. The minimum absolute atomic E-state index is 0.407. The monoisotopic (exact) mass is 162 g/mol. The van der Waals surface area contributed by atoms with Crippen molar-refractivity contribution < 1.29 is 4.79 Å². The van der Waals surface area contributed by atoms with Crippen molar-refractivity contribution >= 4 is 5.91 Å². The molecule has 0 aliphatic carbocycles. The van der Waals surface area contributed by atoms with Gasteiger partial charge in [-0.25, -0.2) is 0 Å². The van der Waals surface area contributed by atoms with Crippen LogP contribution in [0.25, 0.3) is 0 Å². The van der Waals surface area contributed by atoms with E-state index in [1.807, 2.05) is 12.1 Å². The number of carbonyl (C=O) groups excluding carboxylic acids is 1. The molecule has 63 valence electrons. The van der Waals surface area contributed by atoms with E-state index in [2.05, 4.69) is 13.8 Å². The van der Waals surface area contributed by atoms with Gasteiger partial charge >= 0.3 is 0 Å². The number of hydrogen-bond donors (Lipinski definition) is 0. The highest BCUT2D eigenvalue weighted by molar-refractivity contribution is 5.92. The molecule has 0 atom stereocenters. The zero-order chi connectivity index (χ0) is 9.14. The van der Waals surface area contributed by atoms with E-state index in [0.29, 0.717) is 11.5 Å². The van der Waals surface area contributed by atoms with E-state index in [9.17, 15) is 4.79 Å². The lowest BCUT2D eigenvalue weighted by Gasteiger charge is -2.05. The van der Waals surface area contributed by atoms with E-state index < -0.39 is 5.91 Å². The van der Waals surface area contributed by atoms with Crippen LogP contribution >= 0.6 is 0 Å². The fourth-order valence-electron chi connectivity index (χ4n) is 1.04. The molecule has 0 fully saturated rings. The second-order valence-electron chi connectivity index (χ2n) is 3.11. The summed E-state index contributed by atoms with van der Waals surface area (Å²) >= 11 is 0. The molecule has 0 saturated heterocycles. The van der Waals surface area contributed by atoms with Gasteiger partial charge in [0.2, 0.25) is 0 Å². The van der Waals surface area contributed by atoms with Crippen molar-refractivity contribution in [2.45, 2.75) is 19.8 Å². The van der Waals surface area contributed by atoms with E-state index in [1.165, 1.54) is 0 Å². The highest BCUT2D eigenvalue weighted by Gasteiger charge is 2.03. The molecule has 1 aromatic rings. The average Bonchev–Trinajstić information content (AvgIpc) is 2.04. The zero-order valence-corrected chi connectivity index (χ0v) is 7.29. The third kappa shape index (κ3) is 1.84. The molecule has 0 aliphatic rings. The first-order valence-corrected chi connectivity index (χ1v) is 3.97. The van der Waals surface area contributed by atoms with E-state index >= 15 is 0 Å². The molecule has 1 aromatic carbocycles. The molecule has 0 heterocycles. The van der Waals surface area contributed by atoms with Crippen LogP contribution in [0.1, 0.15) is 35.7 Å². The summed E-state index contributed by atoms with van der Waals surface area (Å²) in [7, 11) is 0. The lowest BCUT2D eigenvalue weighted by Crippen LogP contribution is -1.99. The number of hydrogen-bond acceptors (Lipinski definition) is 1. The van der Waals surface area contributed by atoms with Gasteiger partial charge in [-0.1, -0.05) is 26.0 Å². The zero-order valence-electron chi connectivity index (χ0n) is 7.29. The molecule has 2 heteroatoms. The first-order valence-electron chi connectivity index (χ1n) is 3.97. The quantitative estimate of drug-likeness (QED) is 0.657. The first-order chi connectivity index (χ1) is 5.61. The number of amides is 1. The molecular weight excluding hydrogens is 150 g/mol. The van der Waals surface area contributed by atoms with Crippen molar-refractivity contribution in [3.05, 3.63) is 35.4 Å². The van der Waals surface area contributed by atoms with Crippen molar-refractivity contribution in [3.63, 3.8) is 0 Å². The smallest absolute Gasteiger partial charge is 0.267 e. The van der Waals surface area contributed by atoms with Crippen LogP contribution in [0.15, 0.2) is 24.3 Å². The standard InChI is InChI=1S/C10H12NO/c1-7(2)8-4-3-5-9(6-8)10(11)12/h3-7,11H,1-2H3.